The van der Waals surface area contributed by atoms with Crippen LogP contribution < -0.4 is 0 Å². The van der Waals surface area contributed by atoms with Gasteiger partial charge in [-0.1, -0.05) is 48.5 Å². The molecule has 0 saturated carbocycles. The first kappa shape index (κ1) is 14.0. The zero-order valence-electron chi connectivity index (χ0n) is 11.5. The number of benzene rings is 2. The van der Waals surface area contributed by atoms with Gasteiger partial charge in [0, 0.05) is 5.56 Å². The summed E-state index contributed by atoms with van der Waals surface area (Å²) < 4.78 is 13.7. The maximum atomic E-state index is 13.7. The van der Waals surface area contributed by atoms with Gasteiger partial charge in [0.05, 0.1) is 12.1 Å². The van der Waals surface area contributed by atoms with E-state index in [1.807, 2.05) is 0 Å². The smallest absolute Gasteiger partial charge is 0.296 e. The molecule has 0 saturated heterocycles. The summed E-state index contributed by atoms with van der Waals surface area (Å²) in [5, 5.41) is 9.97. The van der Waals surface area contributed by atoms with Gasteiger partial charge in [0.25, 0.3) is 11.8 Å². The summed E-state index contributed by atoms with van der Waals surface area (Å²) in [6, 6.07) is 14.3. The van der Waals surface area contributed by atoms with Gasteiger partial charge in [-0.3, -0.25) is 14.5 Å². The van der Waals surface area contributed by atoms with Crippen LogP contribution in [0.4, 0.5) is 4.39 Å². The highest BCUT2D eigenvalue weighted by Gasteiger charge is 2.39. The van der Waals surface area contributed by atoms with Crippen LogP contribution in [0.15, 0.2) is 60.4 Å². The first-order valence-corrected chi connectivity index (χ1v) is 6.68. The van der Waals surface area contributed by atoms with Crippen LogP contribution >= 0.6 is 0 Å². The van der Waals surface area contributed by atoms with E-state index in [0.717, 1.165) is 4.90 Å². The minimum atomic E-state index is -0.813. The number of hydrogen-bond acceptors (Lipinski definition) is 3. The van der Waals surface area contributed by atoms with Crippen molar-refractivity contribution >= 4 is 17.4 Å². The molecule has 0 radical (unpaired) electrons. The molecule has 2 aromatic carbocycles. The standard InChI is InChI=1S/C17H12FNO3/c18-13-9-5-4-8-12(13)10-19-16(21)14(15(20)17(19)22)11-6-2-1-3-7-11/h1-9,20H,10H2. The van der Waals surface area contributed by atoms with Crippen molar-refractivity contribution in [3.8, 4) is 0 Å². The van der Waals surface area contributed by atoms with Crippen LogP contribution in [0, 0.1) is 5.82 Å². The van der Waals surface area contributed by atoms with Crippen LogP contribution in [0.2, 0.25) is 0 Å². The van der Waals surface area contributed by atoms with Crippen LogP contribution in [-0.4, -0.2) is 21.8 Å². The molecule has 4 nitrogen and oxygen atoms in total. The number of aliphatic hydroxyl groups excluding tert-OH is 1. The molecule has 1 aliphatic rings. The number of amides is 2. The Bertz CT molecular complexity index is 784. The molecule has 3 rings (SSSR count). The molecule has 2 aromatic rings. The Balaban J connectivity index is 1.93. The molecule has 0 aromatic heterocycles. The van der Waals surface area contributed by atoms with E-state index in [2.05, 4.69) is 0 Å². The summed E-state index contributed by atoms with van der Waals surface area (Å²) in [6.45, 7) is -0.218. The van der Waals surface area contributed by atoms with Gasteiger partial charge in [0.1, 0.15) is 5.82 Å². The second-order valence-corrected chi connectivity index (χ2v) is 4.88. The molecule has 1 aliphatic heterocycles. The monoisotopic (exact) mass is 297 g/mol. The first-order valence-electron chi connectivity index (χ1n) is 6.68. The van der Waals surface area contributed by atoms with Gasteiger partial charge in [-0.2, -0.15) is 0 Å². The molecule has 22 heavy (non-hydrogen) atoms. The Morgan fingerprint density at radius 2 is 1.55 bits per heavy atom. The zero-order valence-corrected chi connectivity index (χ0v) is 11.5. The van der Waals surface area contributed by atoms with Crippen molar-refractivity contribution in [1.29, 1.82) is 0 Å². The van der Waals surface area contributed by atoms with Crippen molar-refractivity contribution < 1.29 is 19.1 Å². The molecule has 0 atom stereocenters. The predicted octanol–water partition coefficient (Wildman–Crippen LogP) is 2.66. The topological polar surface area (TPSA) is 57.6 Å². The van der Waals surface area contributed by atoms with Gasteiger partial charge in [-0.25, -0.2) is 4.39 Å². The number of carbonyl (C=O) groups excluding carboxylic acids is 2. The molecule has 0 spiro atoms. The minimum absolute atomic E-state index is 0.0538. The summed E-state index contributed by atoms with van der Waals surface area (Å²) in [4.78, 5) is 25.3. The largest absolute Gasteiger partial charge is 0.502 e. The number of hydrogen-bond donors (Lipinski definition) is 1. The quantitative estimate of drug-likeness (QED) is 0.886. The lowest BCUT2D eigenvalue weighted by atomic mass is 10.1. The second-order valence-electron chi connectivity index (χ2n) is 4.88. The second kappa shape index (κ2) is 5.44. The number of rotatable bonds is 3. The van der Waals surface area contributed by atoms with Gasteiger partial charge in [0.15, 0.2) is 5.76 Å². The number of aliphatic hydroxyl groups is 1. The van der Waals surface area contributed by atoms with E-state index in [0.29, 0.717) is 5.56 Å². The number of carbonyl (C=O) groups is 2. The Morgan fingerprint density at radius 3 is 2.23 bits per heavy atom. The Labute approximate surface area is 126 Å². The molecular weight excluding hydrogens is 285 g/mol. The average molecular weight is 297 g/mol. The van der Waals surface area contributed by atoms with Crippen molar-refractivity contribution in [3.05, 3.63) is 77.3 Å². The molecule has 0 bridgehead atoms. The van der Waals surface area contributed by atoms with Crippen molar-refractivity contribution in [2.45, 2.75) is 6.54 Å². The lowest BCUT2D eigenvalue weighted by molar-refractivity contribution is -0.138. The molecular formula is C17H12FNO3. The van der Waals surface area contributed by atoms with Gasteiger partial charge in [0.2, 0.25) is 0 Å². The molecule has 1 heterocycles. The highest BCUT2D eigenvalue weighted by molar-refractivity contribution is 6.34. The number of imide groups is 1. The fourth-order valence-electron chi connectivity index (χ4n) is 2.37. The Hall–Kier alpha value is -2.95. The molecule has 0 fully saturated rings. The lowest BCUT2D eigenvalue weighted by Gasteiger charge is -2.15. The molecule has 0 aliphatic carbocycles. The van der Waals surface area contributed by atoms with E-state index < -0.39 is 23.4 Å². The Kier molecular flexibility index (Phi) is 3.47. The van der Waals surface area contributed by atoms with Crippen LogP contribution in [0.1, 0.15) is 11.1 Å². The van der Waals surface area contributed by atoms with E-state index in [-0.39, 0.29) is 17.7 Å². The maximum absolute atomic E-state index is 13.7. The zero-order chi connectivity index (χ0) is 15.7. The highest BCUT2D eigenvalue weighted by Crippen LogP contribution is 2.29. The SMILES string of the molecule is O=C1C(O)=C(c2ccccc2)C(=O)N1Cc1ccccc1F. The summed E-state index contributed by atoms with van der Waals surface area (Å²) in [6.07, 6.45) is 0. The first-order chi connectivity index (χ1) is 10.6. The third-order valence-electron chi connectivity index (χ3n) is 3.49. The summed E-state index contributed by atoms with van der Waals surface area (Å²) in [7, 11) is 0. The van der Waals surface area contributed by atoms with E-state index >= 15 is 0 Å². The maximum Gasteiger partial charge on any atom is 0.296 e. The van der Waals surface area contributed by atoms with E-state index in [1.54, 1.807) is 36.4 Å². The third-order valence-corrected chi connectivity index (χ3v) is 3.49. The molecule has 5 heteroatoms. The Morgan fingerprint density at radius 1 is 0.909 bits per heavy atom. The van der Waals surface area contributed by atoms with Gasteiger partial charge in [-0.05, 0) is 11.6 Å². The molecule has 0 unspecified atom stereocenters. The molecule has 2 amide bonds. The van der Waals surface area contributed by atoms with Crippen LogP contribution in [0.3, 0.4) is 0 Å². The van der Waals surface area contributed by atoms with Crippen molar-refractivity contribution in [3.63, 3.8) is 0 Å². The van der Waals surface area contributed by atoms with Crippen LogP contribution in [0.5, 0.6) is 0 Å². The average Bonchev–Trinajstić information content (AvgIpc) is 2.74. The van der Waals surface area contributed by atoms with E-state index in [9.17, 15) is 19.1 Å². The van der Waals surface area contributed by atoms with Gasteiger partial charge in [-0.15, -0.1) is 0 Å². The van der Waals surface area contributed by atoms with Crippen LogP contribution in [0.25, 0.3) is 5.57 Å². The number of halogens is 1. The van der Waals surface area contributed by atoms with Gasteiger partial charge < -0.3 is 5.11 Å². The van der Waals surface area contributed by atoms with Crippen molar-refractivity contribution in [1.82, 2.24) is 4.90 Å². The van der Waals surface area contributed by atoms with Crippen molar-refractivity contribution in [2.24, 2.45) is 0 Å². The molecule has 110 valence electrons. The minimum Gasteiger partial charge on any atom is -0.502 e. The third kappa shape index (κ3) is 2.26. The van der Waals surface area contributed by atoms with Crippen LogP contribution in [-0.2, 0) is 16.1 Å². The van der Waals surface area contributed by atoms with Crippen molar-refractivity contribution in [2.75, 3.05) is 0 Å². The number of nitrogens with zero attached hydrogens (tertiary/aromatic N) is 1. The van der Waals surface area contributed by atoms with E-state index in [1.165, 1.54) is 18.2 Å². The fraction of sp³-hybridized carbons (Fsp3) is 0.0588. The summed E-state index contributed by atoms with van der Waals surface area (Å²) in [5.74, 6) is -2.55. The molecule has 1 N–H and O–H groups in total. The highest BCUT2D eigenvalue weighted by atomic mass is 19.1. The summed E-state index contributed by atoms with van der Waals surface area (Å²) >= 11 is 0. The van der Waals surface area contributed by atoms with Gasteiger partial charge >= 0.3 is 0 Å². The summed E-state index contributed by atoms with van der Waals surface area (Å²) in [5.41, 5.74) is 0.614. The lowest BCUT2D eigenvalue weighted by Crippen LogP contribution is -2.31. The predicted molar refractivity (Wildman–Crippen MR) is 77.9 cm³/mol. The normalized spacial score (nSPS) is 14.9. The van der Waals surface area contributed by atoms with E-state index in [4.69, 9.17) is 0 Å². The fourth-order valence-corrected chi connectivity index (χ4v) is 2.37.